The fourth-order valence-corrected chi connectivity index (χ4v) is 4.09. The normalized spacial score (nSPS) is 12.9. The molecule has 13 heteroatoms. The zero-order chi connectivity index (χ0) is 34.8. The second-order valence-corrected chi connectivity index (χ2v) is 11.2. The van der Waals surface area contributed by atoms with E-state index in [2.05, 4.69) is 18.6 Å². The summed E-state index contributed by atoms with van der Waals surface area (Å²) < 4.78 is 109. The Morgan fingerprint density at radius 1 is 0.660 bits per heavy atom. The highest BCUT2D eigenvalue weighted by atomic mass is 19.4. The lowest BCUT2D eigenvalue weighted by Gasteiger charge is -2.27. The number of rotatable bonds is 16. The van der Waals surface area contributed by atoms with Gasteiger partial charge in [-0.05, 0) is 85.3 Å². The monoisotopic (exact) mass is 672 g/mol. The van der Waals surface area contributed by atoms with Crippen LogP contribution in [-0.4, -0.2) is 55.9 Å². The van der Waals surface area contributed by atoms with Crippen LogP contribution in [0, 0.1) is 5.92 Å². The standard InChI is InChI=1S/C34H35F7O6/c1-22(2)5-6-23(3)46-30(42)26-9-7-24(8-10-26)25-11-17-29(18-12-25)47-31(43)27-13-15-28(16-14-27)45-20-4-19-44-21-32(35,36)33(37,38)34(39,40)41/h7-18,22-23H,4-6,19-21H2,1-3H3. The van der Waals surface area contributed by atoms with Crippen molar-refractivity contribution < 1.29 is 59.3 Å². The molecule has 256 valence electrons. The molecule has 1 atom stereocenters. The van der Waals surface area contributed by atoms with Gasteiger partial charge in [-0.3, -0.25) is 0 Å². The van der Waals surface area contributed by atoms with E-state index in [-0.39, 0.29) is 42.2 Å². The summed E-state index contributed by atoms with van der Waals surface area (Å²) >= 11 is 0. The van der Waals surface area contributed by atoms with Crippen molar-refractivity contribution in [2.45, 2.75) is 64.2 Å². The predicted molar refractivity (Wildman–Crippen MR) is 159 cm³/mol. The summed E-state index contributed by atoms with van der Waals surface area (Å²) in [6.45, 7) is 3.32. The van der Waals surface area contributed by atoms with Crippen LogP contribution in [0.25, 0.3) is 11.1 Å². The molecule has 0 aliphatic rings. The van der Waals surface area contributed by atoms with E-state index in [0.29, 0.717) is 11.5 Å². The molecule has 0 N–H and O–H groups in total. The van der Waals surface area contributed by atoms with Gasteiger partial charge in [0.05, 0.1) is 30.4 Å². The first-order valence-corrected chi connectivity index (χ1v) is 14.8. The van der Waals surface area contributed by atoms with Gasteiger partial charge in [-0.2, -0.15) is 30.7 Å². The van der Waals surface area contributed by atoms with E-state index in [9.17, 15) is 40.3 Å². The summed E-state index contributed by atoms with van der Waals surface area (Å²) in [4.78, 5) is 25.0. The molecular weight excluding hydrogens is 637 g/mol. The Labute approximate surface area is 267 Å². The Hall–Kier alpha value is -4.13. The highest BCUT2D eigenvalue weighted by molar-refractivity contribution is 5.91. The molecular formula is C34H35F7O6. The number of halogens is 7. The molecule has 3 aromatic carbocycles. The number of ether oxygens (including phenoxy) is 4. The van der Waals surface area contributed by atoms with E-state index in [4.69, 9.17) is 14.2 Å². The maximum atomic E-state index is 13.2. The van der Waals surface area contributed by atoms with Crippen LogP contribution in [0.4, 0.5) is 30.7 Å². The van der Waals surface area contributed by atoms with E-state index in [1.165, 1.54) is 24.3 Å². The van der Waals surface area contributed by atoms with Crippen molar-refractivity contribution in [1.29, 1.82) is 0 Å². The minimum atomic E-state index is -6.41. The van der Waals surface area contributed by atoms with Crippen LogP contribution in [0.5, 0.6) is 11.5 Å². The average molecular weight is 673 g/mol. The second kappa shape index (κ2) is 16.1. The Balaban J connectivity index is 1.43. The maximum absolute atomic E-state index is 13.2. The average Bonchev–Trinajstić information content (AvgIpc) is 3.01. The summed E-state index contributed by atoms with van der Waals surface area (Å²) in [6, 6.07) is 19.4. The van der Waals surface area contributed by atoms with Gasteiger partial charge in [0.15, 0.2) is 0 Å². The number of carbonyl (C=O) groups excluding carboxylic acids is 2. The van der Waals surface area contributed by atoms with Gasteiger partial charge in [0.1, 0.15) is 18.1 Å². The van der Waals surface area contributed by atoms with Crippen molar-refractivity contribution in [1.82, 2.24) is 0 Å². The molecule has 3 aromatic rings. The molecule has 0 bridgehead atoms. The highest BCUT2D eigenvalue weighted by Gasteiger charge is 2.72. The molecule has 0 fully saturated rings. The van der Waals surface area contributed by atoms with Crippen LogP contribution in [0.1, 0.15) is 60.7 Å². The Morgan fingerprint density at radius 3 is 1.72 bits per heavy atom. The fourth-order valence-electron chi connectivity index (χ4n) is 4.09. The number of hydrogen-bond acceptors (Lipinski definition) is 6. The van der Waals surface area contributed by atoms with Crippen molar-refractivity contribution in [3.05, 3.63) is 83.9 Å². The van der Waals surface area contributed by atoms with E-state index in [1.54, 1.807) is 48.5 Å². The molecule has 3 rings (SSSR count). The van der Waals surface area contributed by atoms with Crippen molar-refractivity contribution in [3.8, 4) is 22.6 Å². The second-order valence-electron chi connectivity index (χ2n) is 11.2. The van der Waals surface area contributed by atoms with Gasteiger partial charge >= 0.3 is 30.0 Å². The lowest BCUT2D eigenvalue weighted by molar-refractivity contribution is -0.361. The topological polar surface area (TPSA) is 71.1 Å². The molecule has 0 saturated carbocycles. The first kappa shape index (κ1) is 37.3. The lowest BCUT2D eigenvalue weighted by atomic mass is 10.0. The Morgan fingerprint density at radius 2 is 1.17 bits per heavy atom. The van der Waals surface area contributed by atoms with Crippen LogP contribution in [0.15, 0.2) is 72.8 Å². The number of esters is 2. The largest absolute Gasteiger partial charge is 0.494 e. The van der Waals surface area contributed by atoms with Gasteiger partial charge < -0.3 is 18.9 Å². The summed E-state index contributed by atoms with van der Waals surface area (Å²) in [5.41, 5.74) is 2.31. The molecule has 0 aliphatic carbocycles. The van der Waals surface area contributed by atoms with Crippen molar-refractivity contribution in [2.75, 3.05) is 19.8 Å². The number of benzene rings is 3. The van der Waals surface area contributed by atoms with Crippen LogP contribution < -0.4 is 9.47 Å². The summed E-state index contributed by atoms with van der Waals surface area (Å²) in [5.74, 6) is -11.6. The molecule has 0 aromatic heterocycles. The molecule has 0 saturated heterocycles. The first-order valence-electron chi connectivity index (χ1n) is 14.8. The minimum Gasteiger partial charge on any atom is -0.494 e. The SMILES string of the molecule is CC(C)CCC(C)OC(=O)c1ccc(-c2ccc(OC(=O)c3ccc(OCCCOCC(F)(F)C(F)(F)C(F)(F)F)cc3)cc2)cc1. The highest BCUT2D eigenvalue weighted by Crippen LogP contribution is 2.46. The van der Waals surface area contributed by atoms with E-state index in [0.717, 1.165) is 24.0 Å². The van der Waals surface area contributed by atoms with E-state index in [1.807, 2.05) is 6.92 Å². The summed E-state index contributed by atoms with van der Waals surface area (Å²) in [5, 5.41) is 0. The zero-order valence-electron chi connectivity index (χ0n) is 25.9. The van der Waals surface area contributed by atoms with Crippen molar-refractivity contribution in [2.24, 2.45) is 5.92 Å². The maximum Gasteiger partial charge on any atom is 0.459 e. The number of carbonyl (C=O) groups is 2. The lowest BCUT2D eigenvalue weighted by Crippen LogP contribution is -2.54. The molecule has 0 radical (unpaired) electrons. The molecule has 0 heterocycles. The van der Waals surface area contributed by atoms with Gasteiger partial charge in [0.25, 0.3) is 0 Å². The van der Waals surface area contributed by atoms with E-state index >= 15 is 0 Å². The molecule has 0 amide bonds. The molecule has 1 unspecified atom stereocenters. The van der Waals surface area contributed by atoms with Gasteiger partial charge in [0.2, 0.25) is 0 Å². The third-order valence-electron chi connectivity index (χ3n) is 6.87. The minimum absolute atomic E-state index is 0.0814. The van der Waals surface area contributed by atoms with Crippen LogP contribution in [0.3, 0.4) is 0 Å². The summed E-state index contributed by atoms with van der Waals surface area (Å²) in [7, 11) is 0. The predicted octanol–water partition coefficient (Wildman–Crippen LogP) is 9.17. The van der Waals surface area contributed by atoms with Crippen LogP contribution >= 0.6 is 0 Å². The van der Waals surface area contributed by atoms with Crippen LogP contribution in [0.2, 0.25) is 0 Å². The van der Waals surface area contributed by atoms with Gasteiger partial charge in [0, 0.05) is 6.42 Å². The Bertz CT molecular complexity index is 1440. The van der Waals surface area contributed by atoms with Gasteiger partial charge in [-0.15, -0.1) is 0 Å². The third-order valence-corrected chi connectivity index (χ3v) is 6.87. The smallest absolute Gasteiger partial charge is 0.459 e. The zero-order valence-corrected chi connectivity index (χ0v) is 25.9. The molecule has 6 nitrogen and oxygen atoms in total. The molecule has 47 heavy (non-hydrogen) atoms. The number of hydrogen-bond donors (Lipinski definition) is 0. The van der Waals surface area contributed by atoms with E-state index < -0.39 is 37.2 Å². The van der Waals surface area contributed by atoms with Gasteiger partial charge in [-0.1, -0.05) is 38.1 Å². The van der Waals surface area contributed by atoms with Gasteiger partial charge in [-0.25, -0.2) is 9.59 Å². The third kappa shape index (κ3) is 10.7. The first-order chi connectivity index (χ1) is 22.0. The van der Waals surface area contributed by atoms with Crippen LogP contribution in [-0.2, 0) is 9.47 Å². The summed E-state index contributed by atoms with van der Waals surface area (Å²) in [6.07, 6.45) is -4.91. The molecule has 0 aliphatic heterocycles. The quantitative estimate of drug-likeness (QED) is 0.0654. The number of alkyl halides is 7. The van der Waals surface area contributed by atoms with Crippen molar-refractivity contribution in [3.63, 3.8) is 0 Å². The van der Waals surface area contributed by atoms with Crippen molar-refractivity contribution >= 4 is 11.9 Å². The fraction of sp³-hybridized carbons (Fsp3) is 0.412. The Kier molecular flexibility index (Phi) is 12.8. The molecule has 0 spiro atoms.